The Morgan fingerprint density at radius 3 is 2.76 bits per heavy atom. The molecule has 2 rings (SSSR count). The third kappa shape index (κ3) is 4.05. The van der Waals surface area contributed by atoms with Gasteiger partial charge in [0.25, 0.3) is 0 Å². The van der Waals surface area contributed by atoms with Crippen molar-refractivity contribution in [2.24, 2.45) is 11.8 Å². The topological polar surface area (TPSA) is 32.3 Å². The highest BCUT2D eigenvalue weighted by atomic mass is 79.9. The van der Waals surface area contributed by atoms with Gasteiger partial charge in [0.2, 0.25) is 0 Å². The summed E-state index contributed by atoms with van der Waals surface area (Å²) in [4.78, 5) is 1.37. The van der Waals surface area contributed by atoms with Gasteiger partial charge in [-0.25, -0.2) is 0 Å². The summed E-state index contributed by atoms with van der Waals surface area (Å²) in [5, 5.41) is 15.0. The number of aliphatic hydroxyl groups is 1. The van der Waals surface area contributed by atoms with Gasteiger partial charge in [-0.3, -0.25) is 0 Å². The fraction of sp³-hybridized carbons (Fsp3) is 0.692. The molecule has 96 valence electrons. The number of rotatable bonds is 5. The second-order valence-corrected chi connectivity index (χ2v) is 6.76. The van der Waals surface area contributed by atoms with Gasteiger partial charge in [0.05, 0.1) is 0 Å². The van der Waals surface area contributed by atoms with Crippen LogP contribution in [-0.2, 0) is 6.54 Å². The Kier molecular flexibility index (Phi) is 5.48. The molecule has 1 fully saturated rings. The van der Waals surface area contributed by atoms with E-state index >= 15 is 0 Å². The van der Waals surface area contributed by atoms with E-state index in [0.717, 1.165) is 13.1 Å². The summed E-state index contributed by atoms with van der Waals surface area (Å²) in [6.07, 6.45) is 5.09. The zero-order chi connectivity index (χ0) is 12.1. The molecule has 2 unspecified atom stereocenters. The minimum Gasteiger partial charge on any atom is -0.396 e. The van der Waals surface area contributed by atoms with Gasteiger partial charge in [0, 0.05) is 27.9 Å². The first kappa shape index (κ1) is 13.5. The number of halogens is 1. The van der Waals surface area contributed by atoms with E-state index < -0.39 is 0 Å². The van der Waals surface area contributed by atoms with Crippen LogP contribution in [0.25, 0.3) is 0 Å². The van der Waals surface area contributed by atoms with Crippen molar-refractivity contribution in [2.45, 2.75) is 32.2 Å². The minimum absolute atomic E-state index is 0.358. The molecule has 1 heterocycles. The highest BCUT2D eigenvalue weighted by Gasteiger charge is 2.23. The summed E-state index contributed by atoms with van der Waals surface area (Å²) in [5.74, 6) is 1.18. The Morgan fingerprint density at radius 2 is 2.12 bits per heavy atom. The fourth-order valence-electron chi connectivity index (χ4n) is 2.62. The van der Waals surface area contributed by atoms with Crippen LogP contribution in [0.5, 0.6) is 0 Å². The number of hydrogen-bond donors (Lipinski definition) is 2. The van der Waals surface area contributed by atoms with Crippen LogP contribution in [-0.4, -0.2) is 18.3 Å². The molecule has 2 atom stereocenters. The summed E-state index contributed by atoms with van der Waals surface area (Å²) in [6.45, 7) is 2.35. The van der Waals surface area contributed by atoms with Gasteiger partial charge in [0.15, 0.2) is 0 Å². The Labute approximate surface area is 116 Å². The molecule has 0 spiro atoms. The van der Waals surface area contributed by atoms with Gasteiger partial charge in [-0.2, -0.15) is 0 Å². The average molecular weight is 318 g/mol. The second kappa shape index (κ2) is 6.88. The Balaban J connectivity index is 1.73. The van der Waals surface area contributed by atoms with E-state index in [-0.39, 0.29) is 0 Å². The zero-order valence-corrected chi connectivity index (χ0v) is 12.4. The standard InChI is InChI=1S/C13H20BrNOS/c14-12-5-13(17-9-12)7-15-6-10-3-1-2-4-11(10)8-16/h5,9-11,15-16H,1-4,6-8H2. The fourth-order valence-corrected chi connectivity index (χ4v) is 4.04. The molecule has 1 aromatic rings. The average Bonchev–Trinajstić information content (AvgIpc) is 2.76. The van der Waals surface area contributed by atoms with Crippen molar-refractivity contribution in [1.82, 2.24) is 5.32 Å². The first-order chi connectivity index (χ1) is 8.29. The van der Waals surface area contributed by atoms with Gasteiger partial charge in [-0.15, -0.1) is 11.3 Å². The number of thiophene rings is 1. The van der Waals surface area contributed by atoms with E-state index in [1.807, 2.05) is 0 Å². The highest BCUT2D eigenvalue weighted by Crippen LogP contribution is 2.29. The largest absolute Gasteiger partial charge is 0.396 e. The molecule has 0 bridgehead atoms. The molecule has 1 aliphatic carbocycles. The molecule has 1 aliphatic rings. The van der Waals surface area contributed by atoms with Crippen LogP contribution in [0.3, 0.4) is 0 Å². The van der Waals surface area contributed by atoms with Gasteiger partial charge >= 0.3 is 0 Å². The Bertz CT molecular complexity index is 342. The van der Waals surface area contributed by atoms with Crippen LogP contribution >= 0.6 is 27.3 Å². The van der Waals surface area contributed by atoms with Crippen molar-refractivity contribution in [3.8, 4) is 0 Å². The molecule has 4 heteroatoms. The van der Waals surface area contributed by atoms with E-state index in [0.29, 0.717) is 18.4 Å². The summed E-state index contributed by atoms with van der Waals surface area (Å²) in [6, 6.07) is 2.17. The Morgan fingerprint density at radius 1 is 1.35 bits per heavy atom. The molecular weight excluding hydrogens is 298 g/mol. The molecule has 2 nitrogen and oxygen atoms in total. The zero-order valence-electron chi connectivity index (χ0n) is 9.99. The molecule has 2 N–H and O–H groups in total. The first-order valence-electron chi connectivity index (χ1n) is 6.34. The van der Waals surface area contributed by atoms with E-state index in [9.17, 15) is 5.11 Å². The maximum absolute atomic E-state index is 9.35. The van der Waals surface area contributed by atoms with Crippen LogP contribution in [0.4, 0.5) is 0 Å². The van der Waals surface area contributed by atoms with Crippen molar-refractivity contribution < 1.29 is 5.11 Å². The van der Waals surface area contributed by atoms with Crippen LogP contribution in [0.2, 0.25) is 0 Å². The van der Waals surface area contributed by atoms with Crippen LogP contribution in [0.1, 0.15) is 30.6 Å². The lowest BCUT2D eigenvalue weighted by atomic mass is 9.79. The van der Waals surface area contributed by atoms with Crippen molar-refractivity contribution in [2.75, 3.05) is 13.2 Å². The predicted octanol–water partition coefficient (Wildman–Crippen LogP) is 3.40. The lowest BCUT2D eigenvalue weighted by Gasteiger charge is -2.30. The molecule has 0 saturated heterocycles. The molecule has 0 radical (unpaired) electrons. The van der Waals surface area contributed by atoms with Crippen molar-refractivity contribution >= 4 is 27.3 Å². The monoisotopic (exact) mass is 317 g/mol. The maximum atomic E-state index is 9.35. The van der Waals surface area contributed by atoms with Crippen molar-refractivity contribution in [1.29, 1.82) is 0 Å². The van der Waals surface area contributed by atoms with Crippen LogP contribution < -0.4 is 5.32 Å². The second-order valence-electron chi connectivity index (χ2n) is 4.85. The maximum Gasteiger partial charge on any atom is 0.0462 e. The van der Waals surface area contributed by atoms with E-state index in [2.05, 4.69) is 32.7 Å². The third-order valence-electron chi connectivity index (χ3n) is 3.63. The van der Waals surface area contributed by atoms with Crippen molar-refractivity contribution in [3.63, 3.8) is 0 Å². The molecule has 0 aliphatic heterocycles. The molecule has 1 saturated carbocycles. The molecule has 0 aromatic carbocycles. The summed E-state index contributed by atoms with van der Waals surface area (Å²) < 4.78 is 1.17. The lowest BCUT2D eigenvalue weighted by molar-refractivity contribution is 0.133. The minimum atomic E-state index is 0.358. The lowest BCUT2D eigenvalue weighted by Crippen LogP contribution is -2.32. The number of aliphatic hydroxyl groups excluding tert-OH is 1. The summed E-state index contributed by atoms with van der Waals surface area (Å²) in [5.41, 5.74) is 0. The summed E-state index contributed by atoms with van der Waals surface area (Å²) >= 11 is 5.25. The number of hydrogen-bond acceptors (Lipinski definition) is 3. The molecule has 0 amide bonds. The van der Waals surface area contributed by atoms with Crippen LogP contribution in [0, 0.1) is 11.8 Å². The van der Waals surface area contributed by atoms with Gasteiger partial charge in [0.1, 0.15) is 0 Å². The number of nitrogens with one attached hydrogen (secondary N) is 1. The molecular formula is C13H20BrNOS. The first-order valence-corrected chi connectivity index (χ1v) is 8.01. The van der Waals surface area contributed by atoms with Gasteiger partial charge in [-0.1, -0.05) is 12.8 Å². The quantitative estimate of drug-likeness (QED) is 0.872. The van der Waals surface area contributed by atoms with Crippen LogP contribution in [0.15, 0.2) is 15.9 Å². The predicted molar refractivity (Wildman–Crippen MR) is 76.3 cm³/mol. The highest BCUT2D eigenvalue weighted by molar-refractivity contribution is 9.10. The van der Waals surface area contributed by atoms with Gasteiger partial charge in [-0.05, 0) is 53.2 Å². The van der Waals surface area contributed by atoms with Crippen molar-refractivity contribution in [3.05, 3.63) is 20.8 Å². The molecule has 17 heavy (non-hydrogen) atoms. The third-order valence-corrected chi connectivity index (χ3v) is 5.33. The Hall–Kier alpha value is 0.1000. The smallest absolute Gasteiger partial charge is 0.0462 e. The van der Waals surface area contributed by atoms with E-state index in [1.54, 1.807) is 11.3 Å². The van der Waals surface area contributed by atoms with E-state index in [1.165, 1.54) is 35.0 Å². The molecule has 1 aromatic heterocycles. The normalized spacial score (nSPS) is 25.1. The van der Waals surface area contributed by atoms with Gasteiger partial charge < -0.3 is 10.4 Å². The van der Waals surface area contributed by atoms with E-state index in [4.69, 9.17) is 0 Å². The SMILES string of the molecule is OCC1CCCCC1CNCc1cc(Br)cs1. The summed E-state index contributed by atoms with van der Waals surface area (Å²) in [7, 11) is 0.